The van der Waals surface area contributed by atoms with Crippen LogP contribution in [0.5, 0.6) is 0 Å². The van der Waals surface area contributed by atoms with Gasteiger partial charge in [-0.05, 0) is 18.6 Å². The molecule has 0 saturated carbocycles. The maximum absolute atomic E-state index is 11.5. The second-order valence-electron chi connectivity index (χ2n) is 8.63. The molecule has 0 aliphatic heterocycles. The van der Waals surface area contributed by atoms with Gasteiger partial charge in [-0.25, -0.2) is 9.86 Å². The number of hydrogen-bond acceptors (Lipinski definition) is 3. The highest BCUT2D eigenvalue weighted by Crippen LogP contribution is 2.19. The summed E-state index contributed by atoms with van der Waals surface area (Å²) in [6.45, 7) is 2.27. The number of hydroxylamine groups is 1. The molecule has 2 N–H and O–H groups in total. The number of nitrogens with zero attached hydrogens (tertiary/aromatic N) is 1. The average Bonchev–Trinajstić information content (AvgIpc) is 2.76. The Labute approximate surface area is 184 Å². The molecule has 0 fully saturated rings. The molecule has 30 heavy (non-hydrogen) atoms. The van der Waals surface area contributed by atoms with Crippen molar-refractivity contribution in [2.75, 3.05) is 5.06 Å². The number of hydrogen-bond donors (Lipinski definition) is 2. The molecule has 0 aliphatic carbocycles. The van der Waals surface area contributed by atoms with Gasteiger partial charge in [0.1, 0.15) is 0 Å². The molecule has 0 bridgehead atoms. The molecule has 172 valence electrons. The van der Waals surface area contributed by atoms with Crippen LogP contribution in [0, 0.1) is 0 Å². The van der Waals surface area contributed by atoms with Gasteiger partial charge in [-0.3, -0.25) is 5.21 Å². The van der Waals surface area contributed by atoms with E-state index >= 15 is 0 Å². The molecule has 0 spiro atoms. The van der Waals surface area contributed by atoms with Crippen molar-refractivity contribution in [1.29, 1.82) is 0 Å². The third-order valence-corrected chi connectivity index (χ3v) is 5.93. The summed E-state index contributed by atoms with van der Waals surface area (Å²) in [5.74, 6) is -0.970. The van der Waals surface area contributed by atoms with E-state index in [4.69, 9.17) is 0 Å². The third kappa shape index (κ3) is 12.9. The quantitative estimate of drug-likeness (QED) is 0.166. The lowest BCUT2D eigenvalue weighted by Gasteiger charge is -2.24. The van der Waals surface area contributed by atoms with Crippen molar-refractivity contribution in [3.8, 4) is 0 Å². The molecule has 4 heteroatoms. The van der Waals surface area contributed by atoms with Gasteiger partial charge in [0.2, 0.25) is 0 Å². The summed E-state index contributed by atoms with van der Waals surface area (Å²) >= 11 is 0. The Hall–Kier alpha value is -1.55. The molecule has 0 saturated heterocycles. The van der Waals surface area contributed by atoms with Crippen LogP contribution in [0.3, 0.4) is 0 Å². The number of benzene rings is 1. The van der Waals surface area contributed by atoms with E-state index in [9.17, 15) is 15.1 Å². The van der Waals surface area contributed by atoms with Gasteiger partial charge in [0.15, 0.2) is 6.04 Å². The van der Waals surface area contributed by atoms with Gasteiger partial charge in [-0.1, -0.05) is 128 Å². The van der Waals surface area contributed by atoms with Crippen LogP contribution in [-0.4, -0.2) is 22.3 Å². The molecule has 0 amide bonds. The maximum Gasteiger partial charge on any atom is 0.328 e. The van der Waals surface area contributed by atoms with Crippen LogP contribution in [0.4, 0.5) is 5.69 Å². The number of carboxylic acids is 1. The van der Waals surface area contributed by atoms with Crippen molar-refractivity contribution in [3.05, 3.63) is 30.3 Å². The monoisotopic (exact) mass is 419 g/mol. The average molecular weight is 420 g/mol. The molecule has 4 nitrogen and oxygen atoms in total. The summed E-state index contributed by atoms with van der Waals surface area (Å²) in [5, 5.41) is 20.6. The molecule has 1 aromatic carbocycles. The SMILES string of the molecule is CCCCCCCCCCCCCCCCCCC(C(=O)O)N(O)c1ccccc1. The van der Waals surface area contributed by atoms with Gasteiger partial charge in [0, 0.05) is 0 Å². The fraction of sp³-hybridized carbons (Fsp3) is 0.731. The van der Waals surface area contributed by atoms with Crippen molar-refractivity contribution in [2.45, 2.75) is 122 Å². The number of anilines is 1. The van der Waals surface area contributed by atoms with Gasteiger partial charge >= 0.3 is 5.97 Å². The van der Waals surface area contributed by atoms with Crippen molar-refractivity contribution in [2.24, 2.45) is 0 Å². The standard InChI is InChI=1S/C26H45NO3/c1-2-3-4-5-6-7-8-9-10-11-12-13-14-15-16-20-23-25(26(28)29)27(30)24-21-18-17-19-22-24/h17-19,21-22,25,30H,2-16,20,23H2,1H3,(H,28,29). The van der Waals surface area contributed by atoms with Crippen LogP contribution in [0.1, 0.15) is 116 Å². The Morgan fingerprint density at radius 3 is 1.53 bits per heavy atom. The van der Waals surface area contributed by atoms with Crippen molar-refractivity contribution < 1.29 is 15.1 Å². The first-order valence-electron chi connectivity index (χ1n) is 12.4. The molecule has 1 rings (SSSR count). The minimum atomic E-state index is -0.970. The van der Waals surface area contributed by atoms with E-state index in [0.717, 1.165) is 24.3 Å². The Morgan fingerprint density at radius 2 is 1.13 bits per heavy atom. The normalized spacial score (nSPS) is 12.1. The number of aliphatic carboxylic acids is 1. The van der Waals surface area contributed by atoms with Crippen LogP contribution < -0.4 is 5.06 Å². The van der Waals surface area contributed by atoms with Crippen LogP contribution >= 0.6 is 0 Å². The minimum absolute atomic E-state index is 0.471. The number of carboxylic acid groups (broad SMARTS) is 1. The summed E-state index contributed by atoms with van der Waals surface area (Å²) in [4.78, 5) is 11.5. The highest BCUT2D eigenvalue weighted by atomic mass is 16.5. The van der Waals surface area contributed by atoms with Crippen LogP contribution in [0.25, 0.3) is 0 Å². The molecular weight excluding hydrogens is 374 g/mol. The molecule has 1 aromatic rings. The lowest BCUT2D eigenvalue weighted by Crippen LogP contribution is -2.39. The Balaban J connectivity index is 1.95. The zero-order valence-electron chi connectivity index (χ0n) is 19.2. The Kier molecular flexibility index (Phi) is 16.1. The first-order valence-corrected chi connectivity index (χ1v) is 12.4. The molecule has 0 radical (unpaired) electrons. The number of rotatable bonds is 20. The Morgan fingerprint density at radius 1 is 0.733 bits per heavy atom. The number of para-hydroxylation sites is 1. The zero-order chi connectivity index (χ0) is 21.9. The molecular formula is C26H45NO3. The van der Waals surface area contributed by atoms with E-state index in [0.29, 0.717) is 12.1 Å². The predicted molar refractivity (Wildman–Crippen MR) is 126 cm³/mol. The smallest absolute Gasteiger partial charge is 0.328 e. The van der Waals surface area contributed by atoms with Crippen molar-refractivity contribution in [3.63, 3.8) is 0 Å². The summed E-state index contributed by atoms with van der Waals surface area (Å²) in [5.41, 5.74) is 0.529. The van der Waals surface area contributed by atoms with Crippen molar-refractivity contribution in [1.82, 2.24) is 0 Å². The van der Waals surface area contributed by atoms with E-state index in [1.54, 1.807) is 24.3 Å². The van der Waals surface area contributed by atoms with Gasteiger partial charge in [0.05, 0.1) is 5.69 Å². The molecule has 1 unspecified atom stereocenters. The van der Waals surface area contributed by atoms with Gasteiger partial charge in [-0.2, -0.15) is 0 Å². The van der Waals surface area contributed by atoms with Crippen molar-refractivity contribution >= 4 is 11.7 Å². The fourth-order valence-corrected chi connectivity index (χ4v) is 4.00. The largest absolute Gasteiger partial charge is 0.480 e. The lowest BCUT2D eigenvalue weighted by molar-refractivity contribution is -0.140. The van der Waals surface area contributed by atoms with E-state index < -0.39 is 12.0 Å². The van der Waals surface area contributed by atoms with E-state index in [2.05, 4.69) is 6.92 Å². The van der Waals surface area contributed by atoms with Gasteiger partial charge in [0.25, 0.3) is 0 Å². The number of carbonyl (C=O) groups is 1. The lowest BCUT2D eigenvalue weighted by atomic mass is 10.0. The molecule has 1 atom stereocenters. The molecule has 0 heterocycles. The van der Waals surface area contributed by atoms with E-state index in [1.165, 1.54) is 83.5 Å². The molecule has 0 aliphatic rings. The second kappa shape index (κ2) is 18.2. The predicted octanol–water partition coefficient (Wildman–Crippen LogP) is 7.99. The summed E-state index contributed by atoms with van der Waals surface area (Å²) < 4.78 is 0. The summed E-state index contributed by atoms with van der Waals surface area (Å²) in [6.07, 6.45) is 21.3. The van der Waals surface area contributed by atoms with Crippen LogP contribution in [0.2, 0.25) is 0 Å². The van der Waals surface area contributed by atoms with Crippen LogP contribution in [0.15, 0.2) is 30.3 Å². The Bertz CT molecular complexity index is 520. The first-order chi connectivity index (χ1) is 14.7. The maximum atomic E-state index is 11.5. The summed E-state index contributed by atoms with van der Waals surface area (Å²) in [7, 11) is 0. The fourth-order valence-electron chi connectivity index (χ4n) is 4.00. The van der Waals surface area contributed by atoms with E-state index in [1.807, 2.05) is 6.07 Å². The highest BCUT2D eigenvalue weighted by molar-refractivity contribution is 5.77. The third-order valence-electron chi connectivity index (χ3n) is 5.93. The highest BCUT2D eigenvalue weighted by Gasteiger charge is 2.24. The number of unbranched alkanes of at least 4 members (excludes halogenated alkanes) is 15. The zero-order valence-corrected chi connectivity index (χ0v) is 19.2. The van der Waals surface area contributed by atoms with Crippen LogP contribution in [-0.2, 0) is 4.79 Å². The minimum Gasteiger partial charge on any atom is -0.480 e. The molecule has 0 aromatic heterocycles. The van der Waals surface area contributed by atoms with E-state index in [-0.39, 0.29) is 0 Å². The second-order valence-corrected chi connectivity index (χ2v) is 8.63. The van der Waals surface area contributed by atoms with Gasteiger partial charge < -0.3 is 5.11 Å². The topological polar surface area (TPSA) is 60.8 Å². The summed E-state index contributed by atoms with van der Waals surface area (Å²) in [6, 6.07) is 8.02. The first kappa shape index (κ1) is 26.5. The van der Waals surface area contributed by atoms with Gasteiger partial charge in [-0.15, -0.1) is 0 Å².